The van der Waals surface area contributed by atoms with E-state index in [1.54, 1.807) is 13.2 Å². The fraction of sp³-hybridized carbons (Fsp3) is 0.450. The first-order chi connectivity index (χ1) is 11.7. The standard InChI is InChI=1S/C20H25N2O2/c1-4-15-13-17(18-7-5-6-10-21-18)20(23-3)14-19(15)24-16-8-11-22(2)12-9-16/h5-7,13-14,16H,4,8-9,11-12H2,1-3H3. The Labute approximate surface area is 144 Å². The number of rotatable bonds is 5. The molecule has 0 bridgehead atoms. The fourth-order valence-corrected chi connectivity index (χ4v) is 3.12. The molecule has 1 aromatic carbocycles. The molecule has 2 heterocycles. The number of hydrogen-bond donors (Lipinski definition) is 0. The van der Waals surface area contributed by atoms with Crippen LogP contribution in [-0.4, -0.2) is 43.2 Å². The Morgan fingerprint density at radius 1 is 1.25 bits per heavy atom. The van der Waals surface area contributed by atoms with Gasteiger partial charge in [-0.05, 0) is 50.1 Å². The second-order valence-electron chi connectivity index (χ2n) is 6.29. The van der Waals surface area contributed by atoms with Crippen LogP contribution in [0.3, 0.4) is 0 Å². The molecule has 0 N–H and O–H groups in total. The molecule has 2 aromatic rings. The molecule has 0 aliphatic carbocycles. The van der Waals surface area contributed by atoms with Gasteiger partial charge in [-0.25, -0.2) is 4.98 Å². The maximum Gasteiger partial charge on any atom is 0.131 e. The molecule has 1 saturated heterocycles. The molecule has 0 amide bonds. The lowest BCUT2D eigenvalue weighted by Crippen LogP contribution is -2.35. The van der Waals surface area contributed by atoms with Gasteiger partial charge in [0.1, 0.15) is 17.6 Å². The number of methoxy groups -OCH3 is 1. The number of hydrogen-bond acceptors (Lipinski definition) is 4. The number of piperidine rings is 1. The van der Waals surface area contributed by atoms with Crippen LogP contribution in [0.15, 0.2) is 30.3 Å². The van der Waals surface area contributed by atoms with Crippen LogP contribution in [0, 0.1) is 6.20 Å². The maximum atomic E-state index is 6.32. The largest absolute Gasteiger partial charge is 0.496 e. The van der Waals surface area contributed by atoms with E-state index >= 15 is 0 Å². The Hall–Kier alpha value is -2.07. The van der Waals surface area contributed by atoms with Crippen LogP contribution in [0.25, 0.3) is 11.3 Å². The second-order valence-corrected chi connectivity index (χ2v) is 6.29. The van der Waals surface area contributed by atoms with Crippen molar-refractivity contribution < 1.29 is 9.47 Å². The normalized spacial score (nSPS) is 16.1. The van der Waals surface area contributed by atoms with Gasteiger partial charge in [-0.3, -0.25) is 0 Å². The Morgan fingerprint density at radius 3 is 2.67 bits per heavy atom. The van der Waals surface area contributed by atoms with E-state index in [0.717, 1.165) is 55.1 Å². The zero-order valence-corrected chi connectivity index (χ0v) is 14.7. The van der Waals surface area contributed by atoms with Crippen molar-refractivity contribution in [3.8, 4) is 22.8 Å². The van der Waals surface area contributed by atoms with Gasteiger partial charge in [-0.1, -0.05) is 13.0 Å². The van der Waals surface area contributed by atoms with Crippen LogP contribution in [0.5, 0.6) is 11.5 Å². The molecule has 4 nitrogen and oxygen atoms in total. The van der Waals surface area contributed by atoms with Crippen molar-refractivity contribution in [3.63, 3.8) is 0 Å². The molecular formula is C20H25N2O2. The lowest BCUT2D eigenvalue weighted by Gasteiger charge is -2.30. The number of aryl methyl sites for hydroxylation is 1. The van der Waals surface area contributed by atoms with E-state index in [4.69, 9.17) is 9.47 Å². The van der Waals surface area contributed by atoms with Gasteiger partial charge >= 0.3 is 0 Å². The van der Waals surface area contributed by atoms with Crippen LogP contribution < -0.4 is 9.47 Å². The van der Waals surface area contributed by atoms with Crippen LogP contribution >= 0.6 is 0 Å². The number of aromatic nitrogens is 1. The van der Waals surface area contributed by atoms with Gasteiger partial charge in [0.05, 0.1) is 19.0 Å². The number of likely N-dealkylation sites (tertiary alicyclic amines) is 1. The molecule has 1 aliphatic heterocycles. The zero-order chi connectivity index (χ0) is 16.9. The first-order valence-electron chi connectivity index (χ1n) is 8.60. The average molecular weight is 325 g/mol. The molecular weight excluding hydrogens is 300 g/mol. The van der Waals surface area contributed by atoms with Crippen LogP contribution in [0.1, 0.15) is 25.3 Å². The fourth-order valence-electron chi connectivity index (χ4n) is 3.12. The van der Waals surface area contributed by atoms with E-state index in [0.29, 0.717) is 0 Å². The van der Waals surface area contributed by atoms with E-state index in [9.17, 15) is 0 Å². The van der Waals surface area contributed by atoms with E-state index < -0.39 is 0 Å². The number of pyridine rings is 1. The van der Waals surface area contributed by atoms with Crippen molar-refractivity contribution in [2.45, 2.75) is 32.3 Å². The molecule has 24 heavy (non-hydrogen) atoms. The number of nitrogens with zero attached hydrogens (tertiary/aromatic N) is 2. The molecule has 1 aromatic heterocycles. The highest BCUT2D eigenvalue weighted by molar-refractivity contribution is 5.70. The highest BCUT2D eigenvalue weighted by Gasteiger charge is 2.20. The predicted molar refractivity (Wildman–Crippen MR) is 95.6 cm³/mol. The van der Waals surface area contributed by atoms with Gasteiger partial charge in [0, 0.05) is 24.7 Å². The Balaban J connectivity index is 1.90. The molecule has 0 spiro atoms. The van der Waals surface area contributed by atoms with Gasteiger partial charge in [0.2, 0.25) is 0 Å². The molecule has 1 radical (unpaired) electrons. The minimum absolute atomic E-state index is 0.283. The van der Waals surface area contributed by atoms with E-state index in [-0.39, 0.29) is 6.10 Å². The van der Waals surface area contributed by atoms with Crippen LogP contribution in [-0.2, 0) is 6.42 Å². The molecule has 0 atom stereocenters. The number of benzene rings is 1. The summed E-state index contributed by atoms with van der Waals surface area (Å²) in [6.07, 6.45) is 6.22. The third kappa shape index (κ3) is 3.70. The van der Waals surface area contributed by atoms with Crippen molar-refractivity contribution in [2.75, 3.05) is 27.2 Å². The van der Waals surface area contributed by atoms with E-state index in [2.05, 4.69) is 36.1 Å². The summed E-state index contributed by atoms with van der Waals surface area (Å²) in [6, 6.07) is 9.87. The van der Waals surface area contributed by atoms with Crippen LogP contribution in [0.2, 0.25) is 0 Å². The van der Waals surface area contributed by atoms with Gasteiger partial charge in [-0.15, -0.1) is 0 Å². The summed E-state index contributed by atoms with van der Waals surface area (Å²) in [6.45, 7) is 4.33. The SMILES string of the molecule is CCc1cc(-c2ccc[c]n2)c(OC)cc1OC1CCN(C)CC1. The van der Waals surface area contributed by atoms with Crippen molar-refractivity contribution in [2.24, 2.45) is 0 Å². The minimum Gasteiger partial charge on any atom is -0.496 e. The topological polar surface area (TPSA) is 34.6 Å². The van der Waals surface area contributed by atoms with Crippen LogP contribution in [0.4, 0.5) is 0 Å². The molecule has 127 valence electrons. The highest BCUT2D eigenvalue weighted by Crippen LogP contribution is 2.36. The van der Waals surface area contributed by atoms with Gasteiger partial charge in [0.15, 0.2) is 0 Å². The third-order valence-electron chi connectivity index (χ3n) is 4.61. The quantitative estimate of drug-likeness (QED) is 0.841. The lowest BCUT2D eigenvalue weighted by atomic mass is 10.0. The summed E-state index contributed by atoms with van der Waals surface area (Å²) in [5, 5.41) is 0. The summed E-state index contributed by atoms with van der Waals surface area (Å²) in [5.74, 6) is 1.73. The predicted octanol–water partition coefficient (Wildman–Crippen LogP) is 3.59. The Bertz CT molecular complexity index is 665. The summed E-state index contributed by atoms with van der Waals surface area (Å²) in [7, 11) is 3.85. The van der Waals surface area contributed by atoms with Crippen molar-refractivity contribution in [3.05, 3.63) is 42.1 Å². The lowest BCUT2D eigenvalue weighted by molar-refractivity contribution is 0.113. The van der Waals surface area contributed by atoms with Crippen molar-refractivity contribution in [1.82, 2.24) is 9.88 Å². The maximum absolute atomic E-state index is 6.32. The van der Waals surface area contributed by atoms with Gasteiger partial charge in [0.25, 0.3) is 0 Å². The first kappa shape index (κ1) is 16.8. The smallest absolute Gasteiger partial charge is 0.131 e. The minimum atomic E-state index is 0.283. The summed E-state index contributed by atoms with van der Waals surface area (Å²) in [5.41, 5.74) is 3.05. The van der Waals surface area contributed by atoms with Gasteiger partial charge in [-0.2, -0.15) is 0 Å². The van der Waals surface area contributed by atoms with E-state index in [1.807, 2.05) is 18.2 Å². The Kier molecular flexibility index (Phi) is 5.36. The summed E-state index contributed by atoms with van der Waals surface area (Å²) < 4.78 is 11.9. The third-order valence-corrected chi connectivity index (χ3v) is 4.61. The highest BCUT2D eigenvalue weighted by atomic mass is 16.5. The molecule has 0 saturated carbocycles. The summed E-state index contributed by atoms with van der Waals surface area (Å²) in [4.78, 5) is 6.68. The zero-order valence-electron chi connectivity index (χ0n) is 14.7. The summed E-state index contributed by atoms with van der Waals surface area (Å²) >= 11 is 0. The second kappa shape index (κ2) is 7.67. The van der Waals surface area contributed by atoms with Crippen molar-refractivity contribution in [1.29, 1.82) is 0 Å². The molecule has 3 rings (SSSR count). The van der Waals surface area contributed by atoms with Crippen molar-refractivity contribution >= 4 is 0 Å². The molecule has 0 unspecified atom stereocenters. The van der Waals surface area contributed by atoms with E-state index in [1.165, 1.54) is 5.56 Å². The number of ether oxygens (including phenoxy) is 2. The first-order valence-corrected chi connectivity index (χ1v) is 8.60. The Morgan fingerprint density at radius 2 is 2.04 bits per heavy atom. The molecule has 4 heteroatoms. The van der Waals surface area contributed by atoms with Gasteiger partial charge < -0.3 is 14.4 Å². The average Bonchev–Trinajstić information content (AvgIpc) is 2.64. The molecule has 1 aliphatic rings. The molecule has 1 fully saturated rings. The monoisotopic (exact) mass is 325 g/mol.